The summed E-state index contributed by atoms with van der Waals surface area (Å²) in [6, 6.07) is 15.2. The Hall–Kier alpha value is -3.04. The predicted molar refractivity (Wildman–Crippen MR) is 126 cm³/mol. The highest BCUT2D eigenvalue weighted by atomic mass is 32.2. The SMILES string of the molecule is CSCCC(NC(=O)OCC1c2ccccc2-c2ccccc21)C(=O)NCCC(O)C(=O)O. The molecule has 0 radical (unpaired) electrons. The second-order valence-corrected chi connectivity index (χ2v) is 8.72. The zero-order valence-corrected chi connectivity index (χ0v) is 19.1. The Morgan fingerprint density at radius 3 is 2.21 bits per heavy atom. The van der Waals surface area contributed by atoms with E-state index < -0.39 is 30.1 Å². The van der Waals surface area contributed by atoms with Gasteiger partial charge in [0.05, 0.1) is 0 Å². The molecular weight excluding hydrogens is 444 g/mol. The molecule has 2 aromatic carbocycles. The van der Waals surface area contributed by atoms with E-state index in [-0.39, 0.29) is 25.5 Å². The predicted octanol–water partition coefficient (Wildman–Crippen LogP) is 2.60. The van der Waals surface area contributed by atoms with Gasteiger partial charge in [-0.3, -0.25) is 4.79 Å². The van der Waals surface area contributed by atoms with Crippen molar-refractivity contribution in [3.8, 4) is 11.1 Å². The number of amides is 2. The maximum atomic E-state index is 12.5. The lowest BCUT2D eigenvalue weighted by Gasteiger charge is -2.20. The molecule has 4 N–H and O–H groups in total. The van der Waals surface area contributed by atoms with Gasteiger partial charge in [-0.1, -0.05) is 48.5 Å². The van der Waals surface area contributed by atoms with Gasteiger partial charge in [-0.15, -0.1) is 0 Å². The lowest BCUT2D eigenvalue weighted by atomic mass is 9.98. The maximum Gasteiger partial charge on any atom is 0.407 e. The number of benzene rings is 2. The minimum atomic E-state index is -1.55. The highest BCUT2D eigenvalue weighted by Crippen LogP contribution is 2.44. The Labute approximate surface area is 196 Å². The maximum absolute atomic E-state index is 12.5. The van der Waals surface area contributed by atoms with E-state index in [1.165, 1.54) is 11.8 Å². The number of carboxylic acid groups (broad SMARTS) is 1. The molecule has 0 spiro atoms. The summed E-state index contributed by atoms with van der Waals surface area (Å²) in [5, 5.41) is 23.2. The summed E-state index contributed by atoms with van der Waals surface area (Å²) < 4.78 is 5.52. The van der Waals surface area contributed by atoms with E-state index in [2.05, 4.69) is 22.8 Å². The molecule has 0 aromatic heterocycles. The van der Waals surface area contributed by atoms with Crippen molar-refractivity contribution in [2.75, 3.05) is 25.2 Å². The number of carbonyl (C=O) groups excluding carboxylic acids is 2. The first-order chi connectivity index (χ1) is 15.9. The molecular formula is C24H28N2O6S. The summed E-state index contributed by atoms with van der Waals surface area (Å²) in [7, 11) is 0. The van der Waals surface area contributed by atoms with E-state index >= 15 is 0 Å². The quantitative estimate of drug-likeness (QED) is 0.396. The van der Waals surface area contributed by atoms with Crippen LogP contribution in [-0.2, 0) is 14.3 Å². The average molecular weight is 473 g/mol. The number of aliphatic hydroxyl groups excluding tert-OH is 1. The lowest BCUT2D eigenvalue weighted by molar-refractivity contribution is -0.147. The number of aliphatic hydroxyl groups is 1. The number of fused-ring (bicyclic) bond motifs is 3. The van der Waals surface area contributed by atoms with Gasteiger partial charge in [0.1, 0.15) is 12.6 Å². The molecule has 2 unspecified atom stereocenters. The second kappa shape index (κ2) is 11.7. The molecule has 176 valence electrons. The van der Waals surface area contributed by atoms with Gasteiger partial charge in [0.15, 0.2) is 6.10 Å². The van der Waals surface area contributed by atoms with Gasteiger partial charge in [0, 0.05) is 18.9 Å². The van der Waals surface area contributed by atoms with Crippen LogP contribution in [-0.4, -0.2) is 65.5 Å². The van der Waals surface area contributed by atoms with Crippen LogP contribution in [0, 0.1) is 0 Å². The molecule has 0 saturated carbocycles. The van der Waals surface area contributed by atoms with Gasteiger partial charge in [0.2, 0.25) is 5.91 Å². The van der Waals surface area contributed by atoms with Crippen molar-refractivity contribution < 1.29 is 29.3 Å². The smallest absolute Gasteiger partial charge is 0.407 e. The first-order valence-electron chi connectivity index (χ1n) is 10.7. The Morgan fingerprint density at radius 2 is 1.64 bits per heavy atom. The van der Waals surface area contributed by atoms with Gasteiger partial charge >= 0.3 is 12.1 Å². The number of carboxylic acids is 1. The highest BCUT2D eigenvalue weighted by Gasteiger charge is 2.29. The first-order valence-corrected chi connectivity index (χ1v) is 12.1. The zero-order chi connectivity index (χ0) is 23.8. The summed E-state index contributed by atoms with van der Waals surface area (Å²) in [6.07, 6.45) is -0.0838. The number of hydrogen-bond acceptors (Lipinski definition) is 6. The number of aliphatic carboxylic acids is 1. The minimum absolute atomic E-state index is 0.0194. The third kappa shape index (κ3) is 6.27. The second-order valence-electron chi connectivity index (χ2n) is 7.74. The summed E-state index contributed by atoms with van der Waals surface area (Å²) in [5.41, 5.74) is 4.45. The molecule has 8 nitrogen and oxygen atoms in total. The molecule has 33 heavy (non-hydrogen) atoms. The largest absolute Gasteiger partial charge is 0.479 e. The number of alkyl carbamates (subject to hydrolysis) is 1. The molecule has 0 aliphatic heterocycles. The molecule has 0 bridgehead atoms. The van der Waals surface area contributed by atoms with Crippen molar-refractivity contribution in [1.29, 1.82) is 0 Å². The normalized spacial score (nSPS) is 14.0. The van der Waals surface area contributed by atoms with Gasteiger partial charge in [0.25, 0.3) is 0 Å². The Morgan fingerprint density at radius 1 is 1.03 bits per heavy atom. The van der Waals surface area contributed by atoms with Crippen LogP contribution in [0.25, 0.3) is 11.1 Å². The third-order valence-electron chi connectivity index (χ3n) is 5.56. The molecule has 1 aliphatic rings. The van der Waals surface area contributed by atoms with Crippen LogP contribution in [0.5, 0.6) is 0 Å². The van der Waals surface area contributed by atoms with Gasteiger partial charge in [-0.05, 0) is 40.7 Å². The molecule has 3 rings (SSSR count). The molecule has 9 heteroatoms. The van der Waals surface area contributed by atoms with Crippen molar-refractivity contribution in [2.24, 2.45) is 0 Å². The minimum Gasteiger partial charge on any atom is -0.479 e. The number of carbonyl (C=O) groups is 3. The van der Waals surface area contributed by atoms with Crippen LogP contribution >= 0.6 is 11.8 Å². The fourth-order valence-electron chi connectivity index (χ4n) is 3.87. The van der Waals surface area contributed by atoms with E-state index in [0.29, 0.717) is 12.2 Å². The van der Waals surface area contributed by atoms with Crippen LogP contribution in [0.15, 0.2) is 48.5 Å². The molecule has 0 saturated heterocycles. The average Bonchev–Trinajstić information content (AvgIpc) is 3.13. The van der Waals surface area contributed by atoms with Crippen molar-refractivity contribution in [3.05, 3.63) is 59.7 Å². The van der Waals surface area contributed by atoms with Crippen molar-refractivity contribution in [2.45, 2.75) is 30.9 Å². The summed E-state index contributed by atoms with van der Waals surface area (Å²) in [4.78, 5) is 35.7. The number of rotatable bonds is 11. The van der Waals surface area contributed by atoms with Crippen LogP contribution < -0.4 is 10.6 Å². The van der Waals surface area contributed by atoms with Crippen molar-refractivity contribution in [3.63, 3.8) is 0 Å². The topological polar surface area (TPSA) is 125 Å². The lowest BCUT2D eigenvalue weighted by Crippen LogP contribution is -2.48. The van der Waals surface area contributed by atoms with Gasteiger partial charge in [-0.2, -0.15) is 11.8 Å². The van der Waals surface area contributed by atoms with E-state index in [9.17, 15) is 19.5 Å². The van der Waals surface area contributed by atoms with Crippen LogP contribution in [0.1, 0.15) is 29.9 Å². The fourth-order valence-corrected chi connectivity index (χ4v) is 4.34. The number of ether oxygens (including phenoxy) is 1. The molecule has 2 amide bonds. The fraction of sp³-hybridized carbons (Fsp3) is 0.375. The molecule has 0 heterocycles. The number of thioether (sulfide) groups is 1. The van der Waals surface area contributed by atoms with E-state index in [1.807, 2.05) is 42.7 Å². The van der Waals surface area contributed by atoms with Crippen molar-refractivity contribution >= 4 is 29.7 Å². The molecule has 2 atom stereocenters. The third-order valence-corrected chi connectivity index (χ3v) is 6.21. The molecule has 2 aromatic rings. The standard InChI is InChI=1S/C24H28N2O6S/c1-33-13-11-20(22(28)25-12-10-21(27)23(29)30)26-24(31)32-14-19-17-8-4-2-6-15(17)16-7-3-5-9-18(16)19/h2-9,19-21,27H,10-14H2,1H3,(H,25,28)(H,26,31)(H,29,30). The number of nitrogens with one attached hydrogen (secondary N) is 2. The van der Waals surface area contributed by atoms with Crippen LogP contribution in [0.4, 0.5) is 4.79 Å². The monoisotopic (exact) mass is 472 g/mol. The van der Waals surface area contributed by atoms with Crippen molar-refractivity contribution in [1.82, 2.24) is 10.6 Å². The summed E-state index contributed by atoms with van der Waals surface area (Å²) in [6.45, 7) is 0.121. The Kier molecular flexibility index (Phi) is 8.73. The summed E-state index contributed by atoms with van der Waals surface area (Å²) >= 11 is 1.54. The first kappa shape index (κ1) is 24.6. The van der Waals surface area contributed by atoms with Crippen LogP contribution in [0.3, 0.4) is 0 Å². The molecule has 0 fully saturated rings. The summed E-state index contributed by atoms with van der Waals surface area (Å²) in [5.74, 6) is -1.24. The van der Waals surface area contributed by atoms with Crippen LogP contribution in [0.2, 0.25) is 0 Å². The Bertz CT molecular complexity index is 953. The Balaban J connectivity index is 1.58. The van der Waals surface area contributed by atoms with E-state index in [0.717, 1.165) is 22.3 Å². The highest BCUT2D eigenvalue weighted by molar-refractivity contribution is 7.98. The van der Waals surface area contributed by atoms with Gasteiger partial charge in [-0.25, -0.2) is 9.59 Å². The number of hydrogen-bond donors (Lipinski definition) is 4. The molecule has 1 aliphatic carbocycles. The van der Waals surface area contributed by atoms with E-state index in [4.69, 9.17) is 9.84 Å². The van der Waals surface area contributed by atoms with E-state index in [1.54, 1.807) is 0 Å². The zero-order valence-electron chi connectivity index (χ0n) is 18.3. The van der Waals surface area contributed by atoms with Gasteiger partial charge < -0.3 is 25.6 Å².